The molecule has 3 unspecified atom stereocenters. The molecule has 18 heavy (non-hydrogen) atoms. The third-order valence-electron chi connectivity index (χ3n) is 5.35. The van der Waals surface area contributed by atoms with Crippen molar-refractivity contribution in [2.75, 3.05) is 0 Å². The summed E-state index contributed by atoms with van der Waals surface area (Å²) in [4.78, 5) is 0. The standard InChI is InChI=1S/C16H30O2/c1-12(2)13-6-7-15(17)14(10-13)11-16(18)8-4-3-5-9-16/h12-15,17-18H,3-11H2,1-2H3. The molecule has 2 heteroatoms. The lowest BCUT2D eigenvalue weighted by Crippen LogP contribution is -2.40. The summed E-state index contributed by atoms with van der Waals surface area (Å²) < 4.78 is 0. The van der Waals surface area contributed by atoms with Crippen molar-refractivity contribution in [2.24, 2.45) is 17.8 Å². The molecule has 106 valence electrons. The number of hydrogen-bond donors (Lipinski definition) is 2. The van der Waals surface area contributed by atoms with Crippen LogP contribution in [-0.2, 0) is 0 Å². The Morgan fingerprint density at radius 2 is 1.78 bits per heavy atom. The van der Waals surface area contributed by atoms with Gasteiger partial charge in [-0.1, -0.05) is 33.1 Å². The molecule has 3 atom stereocenters. The zero-order valence-electron chi connectivity index (χ0n) is 12.1. The van der Waals surface area contributed by atoms with Gasteiger partial charge in [0.2, 0.25) is 0 Å². The van der Waals surface area contributed by atoms with E-state index in [1.807, 2.05) is 0 Å². The van der Waals surface area contributed by atoms with Crippen LogP contribution >= 0.6 is 0 Å². The molecule has 0 radical (unpaired) electrons. The number of hydrogen-bond acceptors (Lipinski definition) is 2. The summed E-state index contributed by atoms with van der Waals surface area (Å²) in [6.45, 7) is 4.57. The van der Waals surface area contributed by atoms with Gasteiger partial charge in [0.05, 0.1) is 11.7 Å². The average Bonchev–Trinajstić information content (AvgIpc) is 2.32. The van der Waals surface area contributed by atoms with Gasteiger partial charge in [0.1, 0.15) is 0 Å². The van der Waals surface area contributed by atoms with Crippen molar-refractivity contribution in [1.29, 1.82) is 0 Å². The summed E-state index contributed by atoms with van der Waals surface area (Å²) in [7, 11) is 0. The van der Waals surface area contributed by atoms with Gasteiger partial charge < -0.3 is 10.2 Å². The number of aliphatic hydroxyl groups is 2. The Balaban J connectivity index is 1.93. The lowest BCUT2D eigenvalue weighted by Gasteiger charge is -2.41. The molecule has 0 saturated heterocycles. The summed E-state index contributed by atoms with van der Waals surface area (Å²) in [6, 6.07) is 0. The van der Waals surface area contributed by atoms with Crippen LogP contribution in [0.5, 0.6) is 0 Å². The minimum Gasteiger partial charge on any atom is -0.393 e. The second-order valence-electron chi connectivity index (χ2n) is 7.13. The molecule has 0 bridgehead atoms. The summed E-state index contributed by atoms with van der Waals surface area (Å²) >= 11 is 0. The van der Waals surface area contributed by atoms with E-state index in [-0.39, 0.29) is 6.10 Å². The number of rotatable bonds is 3. The fourth-order valence-electron chi connectivity index (χ4n) is 4.01. The molecule has 0 heterocycles. The van der Waals surface area contributed by atoms with E-state index >= 15 is 0 Å². The van der Waals surface area contributed by atoms with Crippen LogP contribution in [-0.4, -0.2) is 21.9 Å². The van der Waals surface area contributed by atoms with Crippen molar-refractivity contribution in [3.8, 4) is 0 Å². The van der Waals surface area contributed by atoms with Gasteiger partial charge in [-0.15, -0.1) is 0 Å². The van der Waals surface area contributed by atoms with Gasteiger partial charge >= 0.3 is 0 Å². The first-order chi connectivity index (χ1) is 8.50. The molecular formula is C16H30O2. The van der Waals surface area contributed by atoms with E-state index in [1.54, 1.807) is 0 Å². The Morgan fingerprint density at radius 1 is 1.11 bits per heavy atom. The molecule has 0 amide bonds. The van der Waals surface area contributed by atoms with Gasteiger partial charge in [0.25, 0.3) is 0 Å². The Hall–Kier alpha value is -0.0800. The minimum atomic E-state index is -0.469. The van der Waals surface area contributed by atoms with E-state index in [9.17, 15) is 10.2 Å². The average molecular weight is 254 g/mol. The molecule has 2 saturated carbocycles. The predicted octanol–water partition coefficient (Wildman–Crippen LogP) is 3.50. The van der Waals surface area contributed by atoms with Crippen LogP contribution in [0.3, 0.4) is 0 Å². The van der Waals surface area contributed by atoms with Crippen molar-refractivity contribution in [3.05, 3.63) is 0 Å². The molecule has 2 nitrogen and oxygen atoms in total. The van der Waals surface area contributed by atoms with Gasteiger partial charge in [0.15, 0.2) is 0 Å². The maximum absolute atomic E-state index is 10.7. The third-order valence-corrected chi connectivity index (χ3v) is 5.35. The van der Waals surface area contributed by atoms with Crippen molar-refractivity contribution in [2.45, 2.75) is 83.3 Å². The van der Waals surface area contributed by atoms with Crippen molar-refractivity contribution >= 4 is 0 Å². The summed E-state index contributed by atoms with van der Waals surface area (Å²) in [5.74, 6) is 1.78. The first-order valence-electron chi connectivity index (χ1n) is 7.91. The van der Waals surface area contributed by atoms with Crippen LogP contribution in [0.4, 0.5) is 0 Å². The molecule has 2 aliphatic carbocycles. The van der Waals surface area contributed by atoms with Crippen LogP contribution in [0.2, 0.25) is 0 Å². The van der Waals surface area contributed by atoms with Crippen LogP contribution < -0.4 is 0 Å². The SMILES string of the molecule is CC(C)C1CCC(O)C(CC2(O)CCCCC2)C1. The van der Waals surface area contributed by atoms with Crippen LogP contribution in [0.1, 0.15) is 71.6 Å². The topological polar surface area (TPSA) is 40.5 Å². The molecule has 2 aliphatic rings. The molecule has 0 aromatic rings. The quantitative estimate of drug-likeness (QED) is 0.809. The van der Waals surface area contributed by atoms with E-state index in [0.29, 0.717) is 11.8 Å². The lowest BCUT2D eigenvalue weighted by molar-refractivity contribution is -0.0560. The van der Waals surface area contributed by atoms with Gasteiger partial charge in [-0.25, -0.2) is 0 Å². The Labute approximate surface area is 112 Å². The maximum Gasteiger partial charge on any atom is 0.0651 e. The van der Waals surface area contributed by atoms with Crippen LogP contribution in [0.25, 0.3) is 0 Å². The van der Waals surface area contributed by atoms with E-state index in [4.69, 9.17) is 0 Å². The molecule has 0 aliphatic heterocycles. The first kappa shape index (κ1) is 14.3. The van der Waals surface area contributed by atoms with Crippen molar-refractivity contribution in [3.63, 3.8) is 0 Å². The normalized spacial score (nSPS) is 36.8. The van der Waals surface area contributed by atoms with E-state index in [1.165, 1.54) is 6.42 Å². The molecular weight excluding hydrogens is 224 g/mol. The molecule has 0 aromatic heterocycles. The van der Waals surface area contributed by atoms with E-state index < -0.39 is 5.60 Å². The molecule has 0 aromatic carbocycles. The van der Waals surface area contributed by atoms with Gasteiger partial charge in [-0.3, -0.25) is 0 Å². The Morgan fingerprint density at radius 3 is 2.39 bits per heavy atom. The Bertz CT molecular complexity index is 256. The largest absolute Gasteiger partial charge is 0.393 e. The highest BCUT2D eigenvalue weighted by Crippen LogP contribution is 2.41. The Kier molecular flexibility index (Phi) is 4.71. The van der Waals surface area contributed by atoms with Crippen LogP contribution in [0.15, 0.2) is 0 Å². The highest BCUT2D eigenvalue weighted by molar-refractivity contribution is 4.90. The molecule has 2 rings (SSSR count). The predicted molar refractivity (Wildman–Crippen MR) is 74.3 cm³/mol. The third kappa shape index (κ3) is 3.48. The first-order valence-corrected chi connectivity index (χ1v) is 7.91. The van der Waals surface area contributed by atoms with Crippen molar-refractivity contribution < 1.29 is 10.2 Å². The highest BCUT2D eigenvalue weighted by atomic mass is 16.3. The van der Waals surface area contributed by atoms with Gasteiger partial charge in [0, 0.05) is 0 Å². The van der Waals surface area contributed by atoms with Crippen LogP contribution in [0, 0.1) is 17.8 Å². The second-order valence-corrected chi connectivity index (χ2v) is 7.13. The monoisotopic (exact) mass is 254 g/mol. The molecule has 0 spiro atoms. The summed E-state index contributed by atoms with van der Waals surface area (Å²) in [5, 5.41) is 20.9. The maximum atomic E-state index is 10.7. The molecule has 2 fully saturated rings. The fraction of sp³-hybridized carbons (Fsp3) is 1.00. The lowest BCUT2D eigenvalue weighted by atomic mass is 9.69. The smallest absolute Gasteiger partial charge is 0.0651 e. The minimum absolute atomic E-state index is 0.175. The molecule has 2 N–H and O–H groups in total. The highest BCUT2D eigenvalue weighted by Gasteiger charge is 2.38. The van der Waals surface area contributed by atoms with Gasteiger partial charge in [-0.05, 0) is 56.3 Å². The summed E-state index contributed by atoms with van der Waals surface area (Å²) in [5.41, 5.74) is -0.469. The van der Waals surface area contributed by atoms with E-state index in [2.05, 4.69) is 13.8 Å². The fourth-order valence-corrected chi connectivity index (χ4v) is 4.01. The number of aliphatic hydroxyl groups excluding tert-OH is 1. The van der Waals surface area contributed by atoms with Crippen molar-refractivity contribution in [1.82, 2.24) is 0 Å². The van der Waals surface area contributed by atoms with E-state index in [0.717, 1.165) is 57.3 Å². The van der Waals surface area contributed by atoms with Gasteiger partial charge in [-0.2, -0.15) is 0 Å². The zero-order valence-corrected chi connectivity index (χ0v) is 12.1. The summed E-state index contributed by atoms with van der Waals surface area (Å²) in [6.07, 6.45) is 9.34. The second kappa shape index (κ2) is 5.92. The zero-order chi connectivity index (χ0) is 13.2.